The van der Waals surface area contributed by atoms with Gasteiger partial charge in [-0.25, -0.2) is 0 Å². The number of H-pyrrole nitrogens is 1. The van der Waals surface area contributed by atoms with Crippen molar-refractivity contribution in [2.75, 3.05) is 39.3 Å². The zero-order valence-electron chi connectivity index (χ0n) is 13.4. The first-order valence-electron chi connectivity index (χ1n) is 8.45. The summed E-state index contributed by atoms with van der Waals surface area (Å²) in [5, 5.41) is 9.69. The first kappa shape index (κ1) is 15.6. The number of amides is 1. The second-order valence-electron chi connectivity index (χ2n) is 6.79. The number of carbonyl (C=O) groups excluding carboxylic acids is 1. The predicted octanol–water partition coefficient (Wildman–Crippen LogP) is 1.49. The number of aliphatic hydroxyl groups is 1. The maximum Gasteiger partial charge on any atom is 0.255 e. The summed E-state index contributed by atoms with van der Waals surface area (Å²) in [5.41, 5.74) is 1.68. The third-order valence-electron chi connectivity index (χ3n) is 5.22. The molecular formula is C17H27N3O2. The number of aromatic amines is 1. The Kier molecular flexibility index (Phi) is 4.84. The van der Waals surface area contributed by atoms with E-state index in [1.165, 1.54) is 32.4 Å². The van der Waals surface area contributed by atoms with E-state index in [1.807, 2.05) is 24.1 Å². The number of aliphatic hydroxyl groups excluding tert-OH is 1. The molecule has 2 N–H and O–H groups in total. The van der Waals surface area contributed by atoms with Crippen LogP contribution in [0.5, 0.6) is 0 Å². The molecule has 3 heterocycles. The average molecular weight is 305 g/mol. The average Bonchev–Trinajstić information content (AvgIpc) is 3.14. The monoisotopic (exact) mass is 305 g/mol. The van der Waals surface area contributed by atoms with Gasteiger partial charge in [0.1, 0.15) is 0 Å². The molecular weight excluding hydrogens is 278 g/mol. The van der Waals surface area contributed by atoms with Crippen LogP contribution in [-0.2, 0) is 0 Å². The van der Waals surface area contributed by atoms with E-state index >= 15 is 0 Å². The number of hydrogen-bond donors (Lipinski definition) is 2. The van der Waals surface area contributed by atoms with Gasteiger partial charge in [0.25, 0.3) is 5.91 Å². The van der Waals surface area contributed by atoms with Crippen LogP contribution in [-0.4, -0.2) is 65.1 Å². The van der Waals surface area contributed by atoms with E-state index in [2.05, 4.69) is 9.88 Å². The molecule has 1 amide bonds. The van der Waals surface area contributed by atoms with Gasteiger partial charge in [-0.05, 0) is 44.8 Å². The van der Waals surface area contributed by atoms with E-state index in [1.54, 1.807) is 0 Å². The van der Waals surface area contributed by atoms with Gasteiger partial charge in [0, 0.05) is 44.0 Å². The smallest absolute Gasteiger partial charge is 0.255 e. The molecule has 3 rings (SSSR count). The van der Waals surface area contributed by atoms with Crippen molar-refractivity contribution in [2.24, 2.45) is 11.8 Å². The highest BCUT2D eigenvalue weighted by Gasteiger charge is 2.36. The van der Waals surface area contributed by atoms with Crippen molar-refractivity contribution < 1.29 is 9.90 Å². The second-order valence-corrected chi connectivity index (χ2v) is 6.79. The van der Waals surface area contributed by atoms with Crippen LogP contribution in [0.15, 0.2) is 12.3 Å². The topological polar surface area (TPSA) is 59.6 Å². The lowest BCUT2D eigenvalue weighted by Gasteiger charge is -2.30. The van der Waals surface area contributed by atoms with E-state index in [0.717, 1.165) is 24.3 Å². The van der Waals surface area contributed by atoms with Crippen LogP contribution >= 0.6 is 0 Å². The number of hydrogen-bond acceptors (Lipinski definition) is 3. The maximum atomic E-state index is 12.6. The highest BCUT2D eigenvalue weighted by Crippen LogP contribution is 2.27. The molecule has 0 unspecified atom stereocenters. The number of piperidine rings is 1. The fourth-order valence-electron chi connectivity index (χ4n) is 3.85. The minimum Gasteiger partial charge on any atom is -0.396 e. The van der Waals surface area contributed by atoms with Gasteiger partial charge in [0.2, 0.25) is 0 Å². The Hall–Kier alpha value is -1.33. The van der Waals surface area contributed by atoms with Crippen molar-refractivity contribution in [3.05, 3.63) is 23.5 Å². The Bertz CT molecular complexity index is 508. The van der Waals surface area contributed by atoms with Gasteiger partial charge in [-0.15, -0.1) is 0 Å². The van der Waals surface area contributed by atoms with Gasteiger partial charge in [-0.2, -0.15) is 0 Å². The first-order valence-corrected chi connectivity index (χ1v) is 8.45. The largest absolute Gasteiger partial charge is 0.396 e. The molecule has 2 atom stereocenters. The Morgan fingerprint density at radius 1 is 1.27 bits per heavy atom. The summed E-state index contributed by atoms with van der Waals surface area (Å²) in [6.07, 6.45) is 5.71. The number of nitrogens with zero attached hydrogens (tertiary/aromatic N) is 2. The molecule has 5 nitrogen and oxygen atoms in total. The van der Waals surface area contributed by atoms with Crippen LogP contribution < -0.4 is 0 Å². The predicted molar refractivity (Wildman–Crippen MR) is 85.8 cm³/mol. The van der Waals surface area contributed by atoms with E-state index in [4.69, 9.17) is 0 Å². The van der Waals surface area contributed by atoms with Crippen LogP contribution in [0.4, 0.5) is 0 Å². The van der Waals surface area contributed by atoms with Crippen LogP contribution in [0.1, 0.15) is 35.3 Å². The number of aryl methyl sites for hydroxylation is 1. The number of likely N-dealkylation sites (tertiary alicyclic amines) is 2. The summed E-state index contributed by atoms with van der Waals surface area (Å²) in [5.74, 6) is 0.703. The van der Waals surface area contributed by atoms with E-state index < -0.39 is 0 Å². The van der Waals surface area contributed by atoms with Crippen LogP contribution in [0, 0.1) is 18.8 Å². The van der Waals surface area contributed by atoms with Crippen molar-refractivity contribution in [2.45, 2.75) is 26.2 Å². The number of aromatic nitrogens is 1. The molecule has 0 radical (unpaired) electrons. The Morgan fingerprint density at radius 2 is 2.00 bits per heavy atom. The van der Waals surface area contributed by atoms with Crippen LogP contribution in [0.25, 0.3) is 0 Å². The summed E-state index contributed by atoms with van der Waals surface area (Å²) >= 11 is 0. The van der Waals surface area contributed by atoms with Crippen LogP contribution in [0.2, 0.25) is 0 Å². The molecule has 2 saturated heterocycles. The van der Waals surface area contributed by atoms with Gasteiger partial charge in [0.15, 0.2) is 0 Å². The quantitative estimate of drug-likeness (QED) is 0.886. The summed E-state index contributed by atoms with van der Waals surface area (Å²) in [4.78, 5) is 20.1. The minimum absolute atomic E-state index is 0.0957. The third-order valence-corrected chi connectivity index (χ3v) is 5.22. The highest BCUT2D eigenvalue weighted by molar-refractivity contribution is 5.95. The molecule has 0 bridgehead atoms. The lowest BCUT2D eigenvalue weighted by molar-refractivity contribution is 0.0778. The maximum absolute atomic E-state index is 12.6. The molecule has 0 aliphatic carbocycles. The molecule has 1 aromatic heterocycles. The molecule has 2 fully saturated rings. The molecule has 0 spiro atoms. The fraction of sp³-hybridized carbons (Fsp3) is 0.706. The van der Waals surface area contributed by atoms with Gasteiger partial charge < -0.3 is 19.9 Å². The van der Waals surface area contributed by atoms with Gasteiger partial charge in [-0.3, -0.25) is 4.79 Å². The van der Waals surface area contributed by atoms with Crippen molar-refractivity contribution in [3.8, 4) is 0 Å². The van der Waals surface area contributed by atoms with E-state index in [-0.39, 0.29) is 18.4 Å². The number of rotatable bonds is 4. The zero-order valence-corrected chi connectivity index (χ0v) is 13.4. The molecule has 2 aliphatic rings. The molecule has 0 aromatic carbocycles. The van der Waals surface area contributed by atoms with Gasteiger partial charge in [0.05, 0.1) is 5.56 Å². The number of nitrogens with one attached hydrogen (secondary N) is 1. The van der Waals surface area contributed by atoms with E-state index in [0.29, 0.717) is 12.5 Å². The van der Waals surface area contributed by atoms with Gasteiger partial charge in [-0.1, -0.05) is 6.42 Å². The summed E-state index contributed by atoms with van der Waals surface area (Å²) in [7, 11) is 0. The summed E-state index contributed by atoms with van der Waals surface area (Å²) in [6, 6.07) is 1.85. The van der Waals surface area contributed by atoms with Crippen LogP contribution in [0.3, 0.4) is 0 Å². The Balaban J connectivity index is 1.63. The summed E-state index contributed by atoms with van der Waals surface area (Å²) in [6.45, 7) is 6.90. The molecule has 22 heavy (non-hydrogen) atoms. The fourth-order valence-corrected chi connectivity index (χ4v) is 3.85. The first-order chi connectivity index (χ1) is 10.7. The molecule has 0 saturated carbocycles. The highest BCUT2D eigenvalue weighted by atomic mass is 16.3. The molecule has 5 heteroatoms. The molecule has 122 valence electrons. The second kappa shape index (κ2) is 6.84. The molecule has 1 aromatic rings. The lowest BCUT2D eigenvalue weighted by Crippen LogP contribution is -2.37. The van der Waals surface area contributed by atoms with Crippen molar-refractivity contribution >= 4 is 5.91 Å². The van der Waals surface area contributed by atoms with Crippen molar-refractivity contribution in [1.29, 1.82) is 0 Å². The third kappa shape index (κ3) is 3.20. The van der Waals surface area contributed by atoms with Crippen molar-refractivity contribution in [3.63, 3.8) is 0 Å². The zero-order chi connectivity index (χ0) is 15.5. The Labute approximate surface area is 132 Å². The standard InChI is InChI=1S/C17H27N3O2/c1-13-16(5-6-18-13)17(22)20-10-14(15(11-20)12-21)9-19-7-3-2-4-8-19/h5-6,14-15,18,21H,2-4,7-12H2,1H3/t14-,15-/m1/s1. The SMILES string of the molecule is Cc1[nH]ccc1C(=O)N1C[C@@H](CN2CCCCC2)[C@@H](CO)C1. The normalized spacial score (nSPS) is 26.5. The van der Waals surface area contributed by atoms with Gasteiger partial charge >= 0.3 is 0 Å². The molecule has 2 aliphatic heterocycles. The minimum atomic E-state index is 0.0957. The Morgan fingerprint density at radius 3 is 2.64 bits per heavy atom. The number of carbonyl (C=O) groups is 1. The summed E-state index contributed by atoms with van der Waals surface area (Å²) < 4.78 is 0. The van der Waals surface area contributed by atoms with Crippen molar-refractivity contribution in [1.82, 2.24) is 14.8 Å². The van der Waals surface area contributed by atoms with E-state index in [9.17, 15) is 9.90 Å². The lowest BCUT2D eigenvalue weighted by atomic mass is 9.95.